The van der Waals surface area contributed by atoms with Gasteiger partial charge in [-0.25, -0.2) is 0 Å². The predicted octanol–water partition coefficient (Wildman–Crippen LogP) is 0.859. The lowest BCUT2D eigenvalue weighted by Gasteiger charge is -2.36. The third-order valence-electron chi connectivity index (χ3n) is 4.19. The maximum absolute atomic E-state index is 9.81. The molecule has 112 valence electrons. The zero-order valence-corrected chi connectivity index (χ0v) is 12.6. The van der Waals surface area contributed by atoms with Crippen LogP contribution in [0.15, 0.2) is 30.3 Å². The minimum atomic E-state index is -0.670. The van der Waals surface area contributed by atoms with Gasteiger partial charge in [0.1, 0.15) is 0 Å². The highest BCUT2D eigenvalue weighted by molar-refractivity contribution is 5.24. The van der Waals surface area contributed by atoms with Crippen LogP contribution in [0, 0.1) is 0 Å². The van der Waals surface area contributed by atoms with Gasteiger partial charge in [-0.2, -0.15) is 0 Å². The van der Waals surface area contributed by atoms with Gasteiger partial charge in [-0.15, -0.1) is 0 Å². The van der Waals surface area contributed by atoms with Gasteiger partial charge in [0.05, 0.1) is 12.1 Å². The van der Waals surface area contributed by atoms with Gasteiger partial charge in [-0.1, -0.05) is 30.3 Å². The monoisotopic (exact) mass is 277 g/mol. The van der Waals surface area contributed by atoms with E-state index in [0.29, 0.717) is 12.6 Å². The van der Waals surface area contributed by atoms with E-state index < -0.39 is 5.54 Å². The molecule has 0 spiro atoms. The first-order valence-corrected chi connectivity index (χ1v) is 7.39. The minimum Gasteiger partial charge on any atom is -0.394 e. The molecule has 4 nitrogen and oxygen atoms in total. The average Bonchev–Trinajstić information content (AvgIpc) is 2.86. The van der Waals surface area contributed by atoms with Crippen molar-refractivity contribution in [3.8, 4) is 0 Å². The fourth-order valence-electron chi connectivity index (χ4n) is 3.10. The van der Waals surface area contributed by atoms with Crippen LogP contribution in [0.3, 0.4) is 0 Å². The molecule has 0 aromatic heterocycles. The van der Waals surface area contributed by atoms with E-state index in [1.165, 1.54) is 12.8 Å². The Labute approximate surface area is 122 Å². The van der Waals surface area contributed by atoms with Crippen molar-refractivity contribution in [1.82, 2.24) is 9.80 Å². The van der Waals surface area contributed by atoms with Gasteiger partial charge >= 0.3 is 0 Å². The van der Waals surface area contributed by atoms with E-state index in [4.69, 9.17) is 5.73 Å². The summed E-state index contributed by atoms with van der Waals surface area (Å²) in [7, 11) is 4.21. The maximum atomic E-state index is 9.81. The van der Waals surface area contributed by atoms with Gasteiger partial charge in [0, 0.05) is 19.1 Å². The molecule has 2 atom stereocenters. The van der Waals surface area contributed by atoms with Crippen LogP contribution >= 0.6 is 0 Å². The van der Waals surface area contributed by atoms with Crippen molar-refractivity contribution in [2.75, 3.05) is 40.3 Å². The third kappa shape index (κ3) is 3.58. The standard InChI is InChI=1S/C16H27N3O/c1-18(2)11-15-9-6-10-19(15)12-16(17,13-20)14-7-4-3-5-8-14/h3-5,7-8,15,20H,6,9-13,17H2,1-2H3. The first kappa shape index (κ1) is 15.4. The number of aliphatic hydroxyl groups is 1. The quantitative estimate of drug-likeness (QED) is 0.810. The Bertz CT molecular complexity index is 409. The summed E-state index contributed by atoms with van der Waals surface area (Å²) in [5, 5.41) is 9.81. The number of hydrogen-bond donors (Lipinski definition) is 2. The molecular weight excluding hydrogens is 250 g/mol. The van der Waals surface area contributed by atoms with Crippen molar-refractivity contribution >= 4 is 0 Å². The summed E-state index contributed by atoms with van der Waals surface area (Å²) in [5.74, 6) is 0. The Morgan fingerprint density at radius 1 is 1.35 bits per heavy atom. The van der Waals surface area contributed by atoms with E-state index in [0.717, 1.165) is 18.7 Å². The predicted molar refractivity (Wildman–Crippen MR) is 82.5 cm³/mol. The Hall–Kier alpha value is -0.940. The molecule has 0 amide bonds. The number of likely N-dealkylation sites (N-methyl/N-ethyl adjacent to an activating group) is 1. The van der Waals surface area contributed by atoms with Crippen molar-refractivity contribution in [2.24, 2.45) is 5.73 Å². The first-order chi connectivity index (χ1) is 9.55. The molecule has 1 fully saturated rings. The molecule has 3 N–H and O–H groups in total. The number of benzene rings is 1. The van der Waals surface area contributed by atoms with E-state index >= 15 is 0 Å². The highest BCUT2D eigenvalue weighted by atomic mass is 16.3. The molecule has 2 rings (SSSR count). The largest absolute Gasteiger partial charge is 0.394 e. The molecule has 1 aliphatic rings. The molecular formula is C16H27N3O. The molecule has 20 heavy (non-hydrogen) atoms. The molecule has 1 aliphatic heterocycles. The molecule has 2 unspecified atom stereocenters. The van der Waals surface area contributed by atoms with Gasteiger partial charge in [-0.05, 0) is 39.0 Å². The summed E-state index contributed by atoms with van der Waals surface area (Å²) in [6, 6.07) is 10.5. The van der Waals surface area contributed by atoms with Crippen molar-refractivity contribution in [3.63, 3.8) is 0 Å². The van der Waals surface area contributed by atoms with E-state index in [1.807, 2.05) is 30.3 Å². The van der Waals surface area contributed by atoms with E-state index in [2.05, 4.69) is 23.9 Å². The van der Waals surface area contributed by atoms with Gasteiger partial charge in [0.15, 0.2) is 0 Å². The Kier molecular flexibility index (Phi) is 5.16. The van der Waals surface area contributed by atoms with Crippen LogP contribution in [0.2, 0.25) is 0 Å². The van der Waals surface area contributed by atoms with Crippen molar-refractivity contribution in [2.45, 2.75) is 24.4 Å². The molecule has 0 radical (unpaired) electrons. The Balaban J connectivity index is 2.09. The van der Waals surface area contributed by atoms with Gasteiger partial charge in [-0.3, -0.25) is 4.90 Å². The summed E-state index contributed by atoms with van der Waals surface area (Å²) in [6.45, 7) is 2.81. The van der Waals surface area contributed by atoms with Crippen LogP contribution in [0.4, 0.5) is 0 Å². The molecule has 1 aromatic rings. The van der Waals surface area contributed by atoms with E-state index in [1.54, 1.807) is 0 Å². The van der Waals surface area contributed by atoms with Crippen molar-refractivity contribution < 1.29 is 5.11 Å². The molecule has 1 aromatic carbocycles. The summed E-state index contributed by atoms with van der Waals surface area (Å²) in [6.07, 6.45) is 2.43. The number of nitrogens with two attached hydrogens (primary N) is 1. The van der Waals surface area contributed by atoms with Crippen LogP contribution in [-0.2, 0) is 5.54 Å². The van der Waals surface area contributed by atoms with Crippen molar-refractivity contribution in [1.29, 1.82) is 0 Å². The van der Waals surface area contributed by atoms with E-state index in [-0.39, 0.29) is 6.61 Å². The zero-order chi connectivity index (χ0) is 14.6. The van der Waals surface area contributed by atoms with Crippen molar-refractivity contribution in [3.05, 3.63) is 35.9 Å². The van der Waals surface area contributed by atoms with Gasteiger partial charge < -0.3 is 15.7 Å². The zero-order valence-electron chi connectivity index (χ0n) is 12.6. The number of rotatable bonds is 6. The highest BCUT2D eigenvalue weighted by Crippen LogP contribution is 2.25. The second-order valence-electron chi connectivity index (χ2n) is 6.21. The molecule has 1 saturated heterocycles. The highest BCUT2D eigenvalue weighted by Gasteiger charge is 2.34. The molecule has 0 bridgehead atoms. The summed E-state index contributed by atoms with van der Waals surface area (Å²) in [5.41, 5.74) is 6.83. The summed E-state index contributed by atoms with van der Waals surface area (Å²) in [4.78, 5) is 4.66. The second kappa shape index (κ2) is 6.68. The molecule has 4 heteroatoms. The number of aliphatic hydroxyl groups excluding tert-OH is 1. The normalized spacial score (nSPS) is 23.1. The second-order valence-corrected chi connectivity index (χ2v) is 6.21. The third-order valence-corrected chi connectivity index (χ3v) is 4.19. The fraction of sp³-hybridized carbons (Fsp3) is 0.625. The van der Waals surface area contributed by atoms with Gasteiger partial charge in [0.25, 0.3) is 0 Å². The maximum Gasteiger partial charge on any atom is 0.0773 e. The number of hydrogen-bond acceptors (Lipinski definition) is 4. The summed E-state index contributed by atoms with van der Waals surface area (Å²) < 4.78 is 0. The number of likely N-dealkylation sites (tertiary alicyclic amines) is 1. The molecule has 0 aliphatic carbocycles. The fourth-order valence-corrected chi connectivity index (χ4v) is 3.10. The molecule has 0 saturated carbocycles. The average molecular weight is 277 g/mol. The minimum absolute atomic E-state index is 0.0256. The Morgan fingerprint density at radius 2 is 2.05 bits per heavy atom. The first-order valence-electron chi connectivity index (χ1n) is 7.39. The number of nitrogens with zero attached hydrogens (tertiary/aromatic N) is 2. The van der Waals surface area contributed by atoms with Crippen LogP contribution in [0.5, 0.6) is 0 Å². The summed E-state index contributed by atoms with van der Waals surface area (Å²) >= 11 is 0. The lowest BCUT2D eigenvalue weighted by molar-refractivity contribution is 0.118. The molecule has 1 heterocycles. The van der Waals surface area contributed by atoms with Crippen LogP contribution in [0.25, 0.3) is 0 Å². The van der Waals surface area contributed by atoms with Crippen LogP contribution < -0.4 is 5.73 Å². The van der Waals surface area contributed by atoms with Gasteiger partial charge in [0.2, 0.25) is 0 Å². The van der Waals surface area contributed by atoms with E-state index in [9.17, 15) is 5.11 Å². The smallest absolute Gasteiger partial charge is 0.0773 e. The SMILES string of the molecule is CN(C)CC1CCCN1CC(N)(CO)c1ccccc1. The van der Waals surface area contributed by atoms with Crippen LogP contribution in [-0.4, -0.2) is 61.3 Å². The lowest BCUT2D eigenvalue weighted by Crippen LogP contribution is -2.52. The lowest BCUT2D eigenvalue weighted by atomic mass is 9.91. The Morgan fingerprint density at radius 3 is 2.65 bits per heavy atom. The topological polar surface area (TPSA) is 52.7 Å². The van der Waals surface area contributed by atoms with Crippen LogP contribution in [0.1, 0.15) is 18.4 Å².